The summed E-state index contributed by atoms with van der Waals surface area (Å²) in [7, 11) is 0. The fourth-order valence-corrected chi connectivity index (χ4v) is 0.668. The van der Waals surface area contributed by atoms with E-state index in [1.807, 2.05) is 0 Å². The van der Waals surface area contributed by atoms with Gasteiger partial charge in [0, 0.05) is 0 Å². The first-order valence-electron chi connectivity index (χ1n) is 3.39. The smallest absolute Gasteiger partial charge is 0.357 e. The molecule has 1 aromatic heterocycles. The number of rotatable bonds is 2. The number of hydrogen-bond acceptors (Lipinski definition) is 4. The Balaban J connectivity index is 2.68. The lowest BCUT2D eigenvalue weighted by Crippen LogP contribution is -2.07. The van der Waals surface area contributed by atoms with E-state index in [1.54, 1.807) is 6.07 Å². The second-order valence-electron chi connectivity index (χ2n) is 2.10. The maximum atomic E-state index is 12.3. The van der Waals surface area contributed by atoms with Crippen LogP contribution in [-0.2, 0) is 4.74 Å². The third kappa shape index (κ3) is 2.52. The number of halogens is 1. The average Bonchev–Trinajstić information content (AvgIpc) is 2.15. The highest BCUT2D eigenvalue weighted by Gasteiger charge is 2.07. The van der Waals surface area contributed by atoms with E-state index in [0.29, 0.717) is 0 Å². The van der Waals surface area contributed by atoms with E-state index in [0.717, 1.165) is 12.3 Å². The van der Waals surface area contributed by atoms with E-state index in [4.69, 9.17) is 5.26 Å². The second-order valence-corrected chi connectivity index (χ2v) is 2.10. The Morgan fingerprint density at radius 1 is 1.69 bits per heavy atom. The monoisotopic (exact) mass is 180 g/mol. The molecular weight excluding hydrogens is 175 g/mol. The first-order chi connectivity index (χ1) is 6.24. The topological polar surface area (TPSA) is 63.0 Å². The largest absolute Gasteiger partial charge is 0.446 e. The molecule has 0 fully saturated rings. The van der Waals surface area contributed by atoms with E-state index < -0.39 is 11.8 Å². The van der Waals surface area contributed by atoms with Crippen LogP contribution in [0.4, 0.5) is 4.39 Å². The quantitative estimate of drug-likeness (QED) is 0.634. The van der Waals surface area contributed by atoms with Crippen LogP contribution in [0, 0.1) is 17.1 Å². The second kappa shape index (κ2) is 4.16. The molecule has 5 heteroatoms. The van der Waals surface area contributed by atoms with Crippen molar-refractivity contribution < 1.29 is 13.9 Å². The first-order valence-corrected chi connectivity index (χ1v) is 3.39. The Morgan fingerprint density at radius 2 is 2.46 bits per heavy atom. The number of carbonyl (C=O) groups is 1. The molecule has 0 bridgehead atoms. The summed E-state index contributed by atoms with van der Waals surface area (Å²) in [6, 6.07) is 3.92. The number of carbonyl (C=O) groups excluding carboxylic acids is 1. The molecule has 66 valence electrons. The number of hydrogen-bond donors (Lipinski definition) is 0. The zero-order chi connectivity index (χ0) is 9.68. The van der Waals surface area contributed by atoms with Crippen LogP contribution in [0.2, 0.25) is 0 Å². The molecule has 0 unspecified atom stereocenters. The highest BCUT2D eigenvalue weighted by atomic mass is 19.1. The van der Waals surface area contributed by atoms with E-state index in [9.17, 15) is 9.18 Å². The lowest BCUT2D eigenvalue weighted by Gasteiger charge is -1.97. The molecule has 0 radical (unpaired) electrons. The van der Waals surface area contributed by atoms with Gasteiger partial charge < -0.3 is 4.74 Å². The Labute approximate surface area is 73.6 Å². The van der Waals surface area contributed by atoms with Gasteiger partial charge in [-0.1, -0.05) is 0 Å². The molecule has 0 N–H and O–H groups in total. The molecule has 1 heterocycles. The van der Waals surface area contributed by atoms with Crippen molar-refractivity contribution in [2.45, 2.75) is 0 Å². The average molecular weight is 180 g/mol. The summed E-state index contributed by atoms with van der Waals surface area (Å²) in [6.07, 6.45) is 0.906. The molecule has 0 amide bonds. The third-order valence-corrected chi connectivity index (χ3v) is 1.20. The summed E-state index contributed by atoms with van der Waals surface area (Å²) >= 11 is 0. The highest BCUT2D eigenvalue weighted by molar-refractivity contribution is 5.87. The van der Waals surface area contributed by atoms with E-state index in [2.05, 4.69) is 9.72 Å². The normalized spacial score (nSPS) is 8.92. The Bertz CT molecular complexity index is 342. The minimum Gasteiger partial charge on any atom is -0.446 e. The molecule has 0 aliphatic carbocycles. The van der Waals surface area contributed by atoms with Crippen molar-refractivity contribution in [3.05, 3.63) is 29.8 Å². The molecule has 0 atom stereocenters. The van der Waals surface area contributed by atoms with Crippen molar-refractivity contribution in [3.8, 4) is 6.07 Å². The van der Waals surface area contributed by atoms with Gasteiger partial charge in [-0.25, -0.2) is 14.2 Å². The van der Waals surface area contributed by atoms with Crippen molar-refractivity contribution >= 4 is 5.97 Å². The zero-order valence-electron chi connectivity index (χ0n) is 6.53. The van der Waals surface area contributed by atoms with Crippen LogP contribution >= 0.6 is 0 Å². The van der Waals surface area contributed by atoms with Gasteiger partial charge in [-0.05, 0) is 12.1 Å². The molecule has 0 saturated carbocycles. The van der Waals surface area contributed by atoms with E-state index >= 15 is 0 Å². The van der Waals surface area contributed by atoms with Crippen LogP contribution in [0.1, 0.15) is 10.5 Å². The predicted octanol–water partition coefficient (Wildman–Crippen LogP) is 0.901. The zero-order valence-corrected chi connectivity index (χ0v) is 6.53. The molecule has 0 saturated heterocycles. The molecule has 0 aliphatic heterocycles. The van der Waals surface area contributed by atoms with Gasteiger partial charge in [-0.15, -0.1) is 0 Å². The van der Waals surface area contributed by atoms with Gasteiger partial charge in [0.25, 0.3) is 0 Å². The lowest BCUT2D eigenvalue weighted by molar-refractivity contribution is 0.0548. The maximum Gasteiger partial charge on any atom is 0.357 e. The number of esters is 1. The summed E-state index contributed by atoms with van der Waals surface area (Å²) in [5, 5.41) is 8.10. The number of nitrogens with zero attached hydrogens (tertiary/aromatic N) is 2. The summed E-state index contributed by atoms with van der Waals surface area (Å²) in [5.41, 5.74) is -0.0170. The van der Waals surface area contributed by atoms with Crippen LogP contribution in [0.15, 0.2) is 18.3 Å². The molecule has 0 aliphatic rings. The van der Waals surface area contributed by atoms with Crippen LogP contribution in [-0.4, -0.2) is 17.6 Å². The van der Waals surface area contributed by atoms with Crippen molar-refractivity contribution in [1.29, 1.82) is 5.26 Å². The van der Waals surface area contributed by atoms with Crippen molar-refractivity contribution in [3.63, 3.8) is 0 Å². The molecule has 4 nitrogen and oxygen atoms in total. The molecule has 1 rings (SSSR count). The van der Waals surface area contributed by atoms with Crippen molar-refractivity contribution in [2.24, 2.45) is 0 Å². The fourth-order valence-electron chi connectivity index (χ4n) is 0.668. The van der Waals surface area contributed by atoms with Crippen molar-refractivity contribution in [2.75, 3.05) is 6.61 Å². The number of aromatic nitrogens is 1. The Kier molecular flexibility index (Phi) is 2.92. The molecule has 13 heavy (non-hydrogen) atoms. The van der Waals surface area contributed by atoms with Gasteiger partial charge in [0.05, 0.1) is 6.20 Å². The lowest BCUT2D eigenvalue weighted by atomic mass is 10.3. The van der Waals surface area contributed by atoms with Crippen LogP contribution in [0.3, 0.4) is 0 Å². The molecular formula is C8H5FN2O2. The molecule has 1 aromatic rings. The standard InChI is InChI=1S/C8H5FN2O2/c9-6-1-2-7(11-5-6)8(12)13-4-3-10/h1-2,5H,4H2. The van der Waals surface area contributed by atoms with Gasteiger partial charge in [-0.2, -0.15) is 5.26 Å². The number of pyridine rings is 1. The summed E-state index contributed by atoms with van der Waals surface area (Å²) < 4.78 is 16.8. The number of ether oxygens (including phenoxy) is 1. The number of nitriles is 1. The van der Waals surface area contributed by atoms with E-state index in [-0.39, 0.29) is 12.3 Å². The van der Waals surface area contributed by atoms with Crippen LogP contribution < -0.4 is 0 Å². The summed E-state index contributed by atoms with van der Waals surface area (Å²) in [6.45, 7) is -0.335. The summed E-state index contributed by atoms with van der Waals surface area (Å²) in [4.78, 5) is 14.4. The van der Waals surface area contributed by atoms with E-state index in [1.165, 1.54) is 6.07 Å². The molecule has 0 aromatic carbocycles. The fraction of sp³-hybridized carbons (Fsp3) is 0.125. The van der Waals surface area contributed by atoms with Crippen LogP contribution in [0.5, 0.6) is 0 Å². The van der Waals surface area contributed by atoms with Gasteiger partial charge in [0.2, 0.25) is 0 Å². The predicted molar refractivity (Wildman–Crippen MR) is 40.1 cm³/mol. The highest BCUT2D eigenvalue weighted by Crippen LogP contribution is 1.99. The van der Waals surface area contributed by atoms with Crippen molar-refractivity contribution in [1.82, 2.24) is 4.98 Å². The van der Waals surface area contributed by atoms with Gasteiger partial charge in [-0.3, -0.25) is 0 Å². The van der Waals surface area contributed by atoms with Gasteiger partial charge in [0.15, 0.2) is 6.61 Å². The minimum absolute atomic E-state index is 0.0170. The van der Waals surface area contributed by atoms with Crippen LogP contribution in [0.25, 0.3) is 0 Å². The molecule has 0 spiro atoms. The maximum absolute atomic E-state index is 12.3. The minimum atomic E-state index is -0.735. The van der Waals surface area contributed by atoms with Gasteiger partial charge in [0.1, 0.15) is 17.6 Å². The Morgan fingerprint density at radius 3 is 3.00 bits per heavy atom. The summed E-state index contributed by atoms with van der Waals surface area (Å²) in [5.74, 6) is -1.27. The Hall–Kier alpha value is -1.96. The third-order valence-electron chi connectivity index (χ3n) is 1.20. The first kappa shape index (κ1) is 9.13. The SMILES string of the molecule is N#CCOC(=O)c1ccc(F)cn1. The van der Waals surface area contributed by atoms with Gasteiger partial charge >= 0.3 is 5.97 Å².